The van der Waals surface area contributed by atoms with Crippen LogP contribution < -0.4 is 20.1 Å². The number of nitrogens with one attached hydrogen (secondary N) is 3. The molecule has 180 valence electrons. The molecule has 8 nitrogen and oxygen atoms in total. The van der Waals surface area contributed by atoms with Gasteiger partial charge in [0.2, 0.25) is 0 Å². The highest BCUT2D eigenvalue weighted by Gasteiger charge is 2.21. The molecule has 2 amide bonds. The zero-order chi connectivity index (χ0) is 24.8. The molecule has 0 unspecified atom stereocenters. The Labute approximate surface area is 203 Å². The van der Waals surface area contributed by atoms with Crippen molar-refractivity contribution in [2.24, 2.45) is 0 Å². The molecule has 0 aliphatic carbocycles. The van der Waals surface area contributed by atoms with Crippen LogP contribution in [-0.4, -0.2) is 44.9 Å². The summed E-state index contributed by atoms with van der Waals surface area (Å²) in [6, 6.07) is 20.0. The van der Waals surface area contributed by atoms with Gasteiger partial charge < -0.3 is 29.8 Å². The number of aromatic nitrogens is 1. The molecule has 0 saturated carbocycles. The van der Waals surface area contributed by atoms with Crippen LogP contribution in [0.3, 0.4) is 0 Å². The molecule has 3 N–H and O–H groups in total. The number of H-pyrrole nitrogens is 1. The Kier molecular flexibility index (Phi) is 7.21. The van der Waals surface area contributed by atoms with Crippen LogP contribution in [0.15, 0.2) is 72.9 Å². The van der Waals surface area contributed by atoms with Crippen LogP contribution in [0.4, 0.5) is 10.5 Å². The van der Waals surface area contributed by atoms with Gasteiger partial charge in [-0.25, -0.2) is 9.59 Å². The highest BCUT2D eigenvalue weighted by molar-refractivity contribution is 6.00. The average Bonchev–Trinajstić information content (AvgIpc) is 3.32. The van der Waals surface area contributed by atoms with E-state index in [1.807, 2.05) is 48.7 Å². The molecule has 1 aromatic heterocycles. The van der Waals surface area contributed by atoms with Crippen molar-refractivity contribution in [2.45, 2.75) is 5.92 Å². The Morgan fingerprint density at radius 2 is 1.66 bits per heavy atom. The number of rotatable bonds is 8. The van der Waals surface area contributed by atoms with E-state index in [-0.39, 0.29) is 11.5 Å². The Morgan fingerprint density at radius 3 is 2.43 bits per heavy atom. The molecular formula is C27H27N3O5. The van der Waals surface area contributed by atoms with Crippen LogP contribution in [-0.2, 0) is 4.74 Å². The molecule has 1 heterocycles. The summed E-state index contributed by atoms with van der Waals surface area (Å²) in [4.78, 5) is 28.2. The number of benzene rings is 3. The molecule has 0 fully saturated rings. The lowest BCUT2D eigenvalue weighted by Crippen LogP contribution is -2.33. The maximum atomic E-state index is 12.8. The third-order valence-electron chi connectivity index (χ3n) is 5.85. The molecule has 1 atom stereocenters. The normalized spacial score (nSPS) is 11.5. The predicted octanol–water partition coefficient (Wildman–Crippen LogP) is 4.93. The Bertz CT molecular complexity index is 1350. The van der Waals surface area contributed by atoms with E-state index in [0.717, 1.165) is 22.0 Å². The zero-order valence-corrected chi connectivity index (χ0v) is 19.8. The van der Waals surface area contributed by atoms with Gasteiger partial charge in [0.1, 0.15) is 0 Å². The molecule has 35 heavy (non-hydrogen) atoms. The van der Waals surface area contributed by atoms with Crippen molar-refractivity contribution in [3.05, 3.63) is 89.6 Å². The first-order valence-electron chi connectivity index (χ1n) is 11.1. The number of ether oxygens (including phenoxy) is 3. The number of hydrogen-bond acceptors (Lipinski definition) is 5. The minimum absolute atomic E-state index is 0.187. The number of carbonyl (C=O) groups is 2. The van der Waals surface area contributed by atoms with Crippen LogP contribution in [0.25, 0.3) is 10.9 Å². The maximum Gasteiger partial charge on any atom is 0.339 e. The van der Waals surface area contributed by atoms with Crippen LogP contribution >= 0.6 is 0 Å². The van der Waals surface area contributed by atoms with Crippen molar-refractivity contribution in [3.63, 3.8) is 0 Å². The number of aromatic amines is 1. The molecule has 4 rings (SSSR count). The molecule has 0 bridgehead atoms. The summed E-state index contributed by atoms with van der Waals surface area (Å²) in [5.74, 6) is 0.515. The molecule has 0 aliphatic rings. The number of esters is 1. The van der Waals surface area contributed by atoms with E-state index in [9.17, 15) is 9.59 Å². The number of para-hydroxylation sites is 2. The molecule has 0 radical (unpaired) electrons. The van der Waals surface area contributed by atoms with E-state index < -0.39 is 12.0 Å². The highest BCUT2D eigenvalue weighted by atomic mass is 16.5. The fourth-order valence-corrected chi connectivity index (χ4v) is 4.10. The predicted molar refractivity (Wildman–Crippen MR) is 134 cm³/mol. The van der Waals surface area contributed by atoms with Gasteiger partial charge in [-0.15, -0.1) is 0 Å². The summed E-state index contributed by atoms with van der Waals surface area (Å²) < 4.78 is 15.7. The number of amides is 2. The Balaban J connectivity index is 1.62. The molecule has 4 aromatic rings. The summed E-state index contributed by atoms with van der Waals surface area (Å²) in [7, 11) is 4.48. The van der Waals surface area contributed by atoms with Gasteiger partial charge in [0.15, 0.2) is 11.5 Å². The van der Waals surface area contributed by atoms with E-state index in [4.69, 9.17) is 14.2 Å². The number of carbonyl (C=O) groups excluding carboxylic acids is 2. The number of fused-ring (bicyclic) bond motifs is 1. The van der Waals surface area contributed by atoms with Crippen molar-refractivity contribution in [3.8, 4) is 11.5 Å². The lowest BCUT2D eigenvalue weighted by molar-refractivity contribution is 0.0602. The molecule has 0 saturated heterocycles. The minimum atomic E-state index is -0.525. The Hall–Kier alpha value is -4.46. The van der Waals surface area contributed by atoms with Crippen LogP contribution in [0.5, 0.6) is 11.5 Å². The lowest BCUT2D eigenvalue weighted by Gasteiger charge is -2.20. The largest absolute Gasteiger partial charge is 0.493 e. The van der Waals surface area contributed by atoms with Gasteiger partial charge in [-0.3, -0.25) is 0 Å². The standard InChI is InChI=1S/C27H27N3O5/c1-33-24-13-12-17(14-25(24)34-2)20(21-16-28-22-10-6-4-8-18(21)22)15-29-27(32)30-23-11-7-5-9-19(23)26(31)35-3/h4-14,16,20,28H,15H2,1-3H3,(H2,29,30,32)/t20-/m1/s1. The van der Waals surface area contributed by atoms with Gasteiger partial charge in [0.25, 0.3) is 0 Å². The van der Waals surface area contributed by atoms with E-state index in [1.165, 1.54) is 7.11 Å². The van der Waals surface area contributed by atoms with Gasteiger partial charge in [0.05, 0.1) is 32.6 Å². The van der Waals surface area contributed by atoms with E-state index >= 15 is 0 Å². The first kappa shape index (κ1) is 23.7. The van der Waals surface area contributed by atoms with Crippen molar-refractivity contribution < 1.29 is 23.8 Å². The zero-order valence-electron chi connectivity index (χ0n) is 19.8. The summed E-state index contributed by atoms with van der Waals surface area (Å²) in [6.45, 7) is 0.295. The first-order chi connectivity index (χ1) is 17.0. The summed E-state index contributed by atoms with van der Waals surface area (Å²) in [6.07, 6.45) is 1.96. The molecule has 8 heteroatoms. The summed E-state index contributed by atoms with van der Waals surface area (Å²) >= 11 is 0. The van der Waals surface area contributed by atoms with Crippen molar-refractivity contribution >= 4 is 28.6 Å². The smallest absolute Gasteiger partial charge is 0.339 e. The second kappa shape index (κ2) is 10.6. The monoisotopic (exact) mass is 473 g/mol. The van der Waals surface area contributed by atoms with Crippen molar-refractivity contribution in [2.75, 3.05) is 33.2 Å². The Morgan fingerprint density at radius 1 is 0.914 bits per heavy atom. The molecule has 3 aromatic carbocycles. The van der Waals surface area contributed by atoms with Gasteiger partial charge in [0, 0.05) is 29.6 Å². The van der Waals surface area contributed by atoms with Gasteiger partial charge in [-0.2, -0.15) is 0 Å². The first-order valence-corrected chi connectivity index (χ1v) is 11.1. The third kappa shape index (κ3) is 5.06. The second-order valence-electron chi connectivity index (χ2n) is 7.83. The van der Waals surface area contributed by atoms with Gasteiger partial charge >= 0.3 is 12.0 Å². The second-order valence-corrected chi connectivity index (χ2v) is 7.83. The fraction of sp³-hybridized carbons (Fsp3) is 0.185. The number of hydrogen-bond donors (Lipinski definition) is 3. The summed E-state index contributed by atoms with van der Waals surface area (Å²) in [5.41, 5.74) is 3.63. The summed E-state index contributed by atoms with van der Waals surface area (Å²) in [5, 5.41) is 6.76. The van der Waals surface area contributed by atoms with Gasteiger partial charge in [-0.1, -0.05) is 36.4 Å². The van der Waals surface area contributed by atoms with Crippen LogP contribution in [0, 0.1) is 0 Å². The minimum Gasteiger partial charge on any atom is -0.493 e. The van der Waals surface area contributed by atoms with Crippen LogP contribution in [0.2, 0.25) is 0 Å². The van der Waals surface area contributed by atoms with Crippen LogP contribution in [0.1, 0.15) is 27.4 Å². The van der Waals surface area contributed by atoms with Crippen molar-refractivity contribution in [1.29, 1.82) is 0 Å². The van der Waals surface area contributed by atoms with E-state index in [2.05, 4.69) is 15.6 Å². The van der Waals surface area contributed by atoms with Gasteiger partial charge in [-0.05, 0) is 41.5 Å². The molecule has 0 spiro atoms. The molecular weight excluding hydrogens is 446 g/mol. The fourth-order valence-electron chi connectivity index (χ4n) is 4.10. The van der Waals surface area contributed by atoms with E-state index in [0.29, 0.717) is 23.7 Å². The SMILES string of the molecule is COC(=O)c1ccccc1NC(=O)NC[C@H](c1ccc(OC)c(OC)c1)c1c[nH]c2ccccc12. The maximum absolute atomic E-state index is 12.8. The average molecular weight is 474 g/mol. The number of urea groups is 1. The van der Waals surface area contributed by atoms with Crippen molar-refractivity contribution in [1.82, 2.24) is 10.3 Å². The molecule has 0 aliphatic heterocycles. The quantitative estimate of drug-likeness (QED) is 0.315. The third-order valence-corrected chi connectivity index (χ3v) is 5.85. The lowest BCUT2D eigenvalue weighted by atomic mass is 9.90. The topological polar surface area (TPSA) is 102 Å². The highest BCUT2D eigenvalue weighted by Crippen LogP contribution is 2.35. The number of methoxy groups -OCH3 is 3. The van der Waals surface area contributed by atoms with E-state index in [1.54, 1.807) is 38.5 Å². The number of anilines is 1.